The van der Waals surface area contributed by atoms with E-state index in [1.54, 1.807) is 25.4 Å². The lowest BCUT2D eigenvalue weighted by molar-refractivity contribution is 0.306. The average molecular weight is 461 g/mol. The lowest BCUT2D eigenvalue weighted by Crippen LogP contribution is -2.31. The molecule has 34 heavy (non-hydrogen) atoms. The molecule has 0 amide bonds. The summed E-state index contributed by atoms with van der Waals surface area (Å²) < 4.78 is 21.8. The fourth-order valence-corrected chi connectivity index (χ4v) is 4.68. The Morgan fingerprint density at radius 3 is 2.50 bits per heavy atom. The van der Waals surface area contributed by atoms with Gasteiger partial charge in [-0.1, -0.05) is 24.3 Å². The number of imidazole rings is 1. The van der Waals surface area contributed by atoms with Crippen molar-refractivity contribution in [2.45, 2.75) is 44.2 Å². The SMILES string of the molecule is CNC1CCC(n2c(Nc3ccccc3F)nc3cnc(Cc4ccc(OC)cc4)nc32)CC1. The largest absolute Gasteiger partial charge is 0.497 e. The molecule has 0 spiro atoms. The van der Waals surface area contributed by atoms with Gasteiger partial charge in [0.15, 0.2) is 5.65 Å². The molecule has 4 aromatic rings. The second-order valence-electron chi connectivity index (χ2n) is 8.72. The molecular formula is C26H29FN6O. The standard InChI is InChI=1S/C26H29FN6O/c1-28-18-9-11-19(12-10-18)33-25-23(31-26(33)30-22-6-4-3-5-21(22)27)16-29-24(32-25)15-17-7-13-20(34-2)14-8-17/h3-8,13-14,16,18-19,28H,9-12,15H2,1-2H3,(H,30,31). The number of aromatic nitrogens is 4. The summed E-state index contributed by atoms with van der Waals surface area (Å²) in [5.74, 6) is 1.83. The number of nitrogens with zero attached hydrogens (tertiary/aromatic N) is 4. The highest BCUT2D eigenvalue weighted by Crippen LogP contribution is 2.35. The van der Waals surface area contributed by atoms with E-state index in [0.717, 1.165) is 48.5 Å². The molecule has 1 saturated carbocycles. The third kappa shape index (κ3) is 4.59. The number of rotatable bonds is 7. The molecule has 0 saturated heterocycles. The number of fused-ring (bicyclic) bond motifs is 1. The number of nitrogens with one attached hydrogen (secondary N) is 2. The average Bonchev–Trinajstić information content (AvgIpc) is 3.23. The summed E-state index contributed by atoms with van der Waals surface area (Å²) in [5, 5.41) is 6.60. The summed E-state index contributed by atoms with van der Waals surface area (Å²) in [6.45, 7) is 0. The smallest absolute Gasteiger partial charge is 0.210 e. The molecule has 0 unspecified atom stereocenters. The second-order valence-corrected chi connectivity index (χ2v) is 8.72. The number of methoxy groups -OCH3 is 1. The summed E-state index contributed by atoms with van der Waals surface area (Å²) >= 11 is 0. The number of benzene rings is 2. The molecule has 5 rings (SSSR count). The maximum atomic E-state index is 14.4. The molecule has 8 heteroatoms. The lowest BCUT2D eigenvalue weighted by atomic mass is 9.91. The van der Waals surface area contributed by atoms with Crippen LogP contribution in [0.5, 0.6) is 5.75 Å². The van der Waals surface area contributed by atoms with Gasteiger partial charge < -0.3 is 15.4 Å². The van der Waals surface area contributed by atoms with Crippen molar-refractivity contribution in [2.24, 2.45) is 0 Å². The highest BCUT2D eigenvalue weighted by atomic mass is 19.1. The van der Waals surface area contributed by atoms with Crippen LogP contribution in [0.25, 0.3) is 11.2 Å². The Hall–Kier alpha value is -3.52. The zero-order valence-corrected chi connectivity index (χ0v) is 19.5. The highest BCUT2D eigenvalue weighted by molar-refractivity contribution is 5.75. The van der Waals surface area contributed by atoms with Gasteiger partial charge in [-0.3, -0.25) is 4.57 Å². The fourth-order valence-electron chi connectivity index (χ4n) is 4.68. The Bertz CT molecular complexity index is 1260. The first kappa shape index (κ1) is 22.3. The number of para-hydroxylation sites is 1. The Morgan fingerprint density at radius 2 is 1.79 bits per heavy atom. The number of anilines is 2. The molecule has 176 valence electrons. The molecule has 2 heterocycles. The second kappa shape index (κ2) is 9.77. The van der Waals surface area contributed by atoms with Crippen molar-refractivity contribution in [3.05, 3.63) is 71.9 Å². The van der Waals surface area contributed by atoms with Crippen molar-refractivity contribution in [1.82, 2.24) is 24.8 Å². The van der Waals surface area contributed by atoms with Gasteiger partial charge >= 0.3 is 0 Å². The van der Waals surface area contributed by atoms with E-state index in [0.29, 0.717) is 29.6 Å². The molecular weight excluding hydrogens is 431 g/mol. The maximum absolute atomic E-state index is 14.4. The van der Waals surface area contributed by atoms with E-state index >= 15 is 0 Å². The Morgan fingerprint density at radius 1 is 1.03 bits per heavy atom. The van der Waals surface area contributed by atoms with Gasteiger partial charge in [-0.15, -0.1) is 0 Å². The van der Waals surface area contributed by atoms with E-state index in [1.165, 1.54) is 6.07 Å². The van der Waals surface area contributed by atoms with Crippen LogP contribution < -0.4 is 15.4 Å². The van der Waals surface area contributed by atoms with Crippen LogP contribution in [0.4, 0.5) is 16.0 Å². The molecule has 1 aliphatic carbocycles. The van der Waals surface area contributed by atoms with Crippen LogP contribution >= 0.6 is 0 Å². The van der Waals surface area contributed by atoms with Crippen molar-refractivity contribution in [1.29, 1.82) is 0 Å². The van der Waals surface area contributed by atoms with Gasteiger partial charge in [0.25, 0.3) is 0 Å². The summed E-state index contributed by atoms with van der Waals surface area (Å²) in [6, 6.07) is 15.3. The van der Waals surface area contributed by atoms with Crippen LogP contribution in [0.15, 0.2) is 54.7 Å². The molecule has 7 nitrogen and oxygen atoms in total. The van der Waals surface area contributed by atoms with E-state index in [-0.39, 0.29) is 11.9 Å². The van der Waals surface area contributed by atoms with Gasteiger partial charge in [-0.05, 0) is 62.6 Å². The molecule has 0 aliphatic heterocycles. The van der Waals surface area contributed by atoms with Crippen LogP contribution in [0.3, 0.4) is 0 Å². The Labute approximate surface area is 198 Å². The van der Waals surface area contributed by atoms with Gasteiger partial charge in [0.1, 0.15) is 22.9 Å². The Balaban J connectivity index is 1.51. The van der Waals surface area contributed by atoms with Crippen LogP contribution in [0.1, 0.15) is 43.1 Å². The molecule has 1 fully saturated rings. The maximum Gasteiger partial charge on any atom is 0.210 e. The first-order chi connectivity index (χ1) is 16.6. The zero-order chi connectivity index (χ0) is 23.5. The van der Waals surface area contributed by atoms with Gasteiger partial charge in [0, 0.05) is 18.5 Å². The van der Waals surface area contributed by atoms with Crippen molar-refractivity contribution in [2.75, 3.05) is 19.5 Å². The monoisotopic (exact) mass is 460 g/mol. The van der Waals surface area contributed by atoms with Crippen LogP contribution in [0, 0.1) is 5.82 Å². The first-order valence-corrected chi connectivity index (χ1v) is 11.7. The third-order valence-corrected chi connectivity index (χ3v) is 6.59. The molecule has 2 N–H and O–H groups in total. The summed E-state index contributed by atoms with van der Waals surface area (Å²) in [5.41, 5.74) is 2.98. The van der Waals surface area contributed by atoms with Crippen molar-refractivity contribution in [3.8, 4) is 5.75 Å². The van der Waals surface area contributed by atoms with Crippen molar-refractivity contribution in [3.63, 3.8) is 0 Å². The minimum absolute atomic E-state index is 0.229. The van der Waals surface area contributed by atoms with E-state index < -0.39 is 0 Å². The van der Waals surface area contributed by atoms with Crippen molar-refractivity contribution < 1.29 is 9.13 Å². The topological polar surface area (TPSA) is 76.9 Å². The minimum atomic E-state index is -0.314. The summed E-state index contributed by atoms with van der Waals surface area (Å²) in [7, 11) is 3.67. The van der Waals surface area contributed by atoms with Crippen LogP contribution in [-0.2, 0) is 6.42 Å². The van der Waals surface area contributed by atoms with Gasteiger partial charge in [-0.25, -0.2) is 19.3 Å². The zero-order valence-electron chi connectivity index (χ0n) is 19.5. The molecule has 0 radical (unpaired) electrons. The molecule has 0 atom stereocenters. The van der Waals surface area contributed by atoms with Crippen LogP contribution in [-0.4, -0.2) is 39.7 Å². The summed E-state index contributed by atoms with van der Waals surface area (Å²) in [6.07, 6.45) is 6.52. The first-order valence-electron chi connectivity index (χ1n) is 11.7. The van der Waals surface area contributed by atoms with Crippen molar-refractivity contribution >= 4 is 22.8 Å². The predicted octanol–water partition coefficient (Wildman–Crippen LogP) is 5.01. The molecule has 1 aliphatic rings. The van der Waals surface area contributed by atoms with E-state index in [9.17, 15) is 4.39 Å². The lowest BCUT2D eigenvalue weighted by Gasteiger charge is -2.30. The van der Waals surface area contributed by atoms with E-state index in [4.69, 9.17) is 14.7 Å². The molecule has 2 aromatic carbocycles. The summed E-state index contributed by atoms with van der Waals surface area (Å²) in [4.78, 5) is 14.2. The quantitative estimate of drug-likeness (QED) is 0.404. The minimum Gasteiger partial charge on any atom is -0.497 e. The predicted molar refractivity (Wildman–Crippen MR) is 131 cm³/mol. The van der Waals surface area contributed by atoms with E-state index in [2.05, 4.69) is 20.2 Å². The molecule has 2 aromatic heterocycles. The fraction of sp³-hybridized carbons (Fsp3) is 0.346. The highest BCUT2D eigenvalue weighted by Gasteiger charge is 2.26. The third-order valence-electron chi connectivity index (χ3n) is 6.59. The number of hydrogen-bond donors (Lipinski definition) is 2. The van der Waals surface area contributed by atoms with Crippen LogP contribution in [0.2, 0.25) is 0 Å². The van der Waals surface area contributed by atoms with Gasteiger partial charge in [-0.2, -0.15) is 0 Å². The number of halogens is 1. The Kier molecular flexibility index (Phi) is 6.40. The number of ether oxygens (including phenoxy) is 1. The van der Waals surface area contributed by atoms with E-state index in [1.807, 2.05) is 37.4 Å². The van der Waals surface area contributed by atoms with Gasteiger partial charge in [0.05, 0.1) is 19.0 Å². The molecule has 0 bridgehead atoms. The van der Waals surface area contributed by atoms with Gasteiger partial charge in [0.2, 0.25) is 5.95 Å². The number of hydrogen-bond acceptors (Lipinski definition) is 6. The normalized spacial score (nSPS) is 18.2.